The number of nitrogens with one attached hydrogen (secondary N) is 2. The number of amides is 2. The van der Waals surface area contributed by atoms with Gasteiger partial charge >= 0.3 is 0 Å². The molecule has 7 atom stereocenters. The Bertz CT molecular complexity index is 592. The number of alkyl halides is 1. The van der Waals surface area contributed by atoms with E-state index in [0.29, 0.717) is 24.8 Å². The molecule has 2 aliphatic carbocycles. The minimum Gasteiger partial charge on any atom is -0.352 e. The van der Waals surface area contributed by atoms with Gasteiger partial charge in [0, 0.05) is 57.1 Å². The topological polar surface area (TPSA) is 64.7 Å². The highest BCUT2D eigenvalue weighted by molar-refractivity contribution is 5.82. The van der Waals surface area contributed by atoms with Gasteiger partial charge in [-0.3, -0.25) is 14.5 Å². The summed E-state index contributed by atoms with van der Waals surface area (Å²) in [5, 5.41) is 6.73. The molecule has 0 aromatic heterocycles. The lowest BCUT2D eigenvalue weighted by Crippen LogP contribution is -2.55. The lowest BCUT2D eigenvalue weighted by atomic mass is 9.77. The number of halogens is 1. The number of piperazine rings is 1. The normalized spacial score (nSPS) is 41.1. The molecule has 2 amide bonds. The molecule has 6 nitrogen and oxygen atoms in total. The van der Waals surface area contributed by atoms with Gasteiger partial charge in [0.25, 0.3) is 0 Å². The van der Waals surface area contributed by atoms with Crippen molar-refractivity contribution in [3.63, 3.8) is 0 Å². The van der Waals surface area contributed by atoms with E-state index in [4.69, 9.17) is 0 Å². The third-order valence-electron chi connectivity index (χ3n) is 7.92. The van der Waals surface area contributed by atoms with Gasteiger partial charge in [-0.25, -0.2) is 4.39 Å². The van der Waals surface area contributed by atoms with Gasteiger partial charge in [0.2, 0.25) is 11.8 Å². The lowest BCUT2D eigenvalue weighted by Gasteiger charge is -2.42. The Morgan fingerprint density at radius 2 is 1.79 bits per heavy atom. The largest absolute Gasteiger partial charge is 0.352 e. The third kappa shape index (κ3) is 4.61. The first-order chi connectivity index (χ1) is 13.9. The molecule has 4 aliphatic rings. The molecule has 0 bridgehead atoms. The van der Waals surface area contributed by atoms with Crippen LogP contribution < -0.4 is 10.6 Å². The van der Waals surface area contributed by atoms with Crippen LogP contribution in [0.2, 0.25) is 0 Å². The number of rotatable bonds is 3. The molecule has 4 fully saturated rings. The Labute approximate surface area is 173 Å². The average molecular weight is 409 g/mol. The van der Waals surface area contributed by atoms with Crippen LogP contribution in [0.15, 0.2) is 0 Å². The summed E-state index contributed by atoms with van der Waals surface area (Å²) >= 11 is 0. The monoisotopic (exact) mass is 408 g/mol. The molecule has 2 heterocycles. The van der Waals surface area contributed by atoms with Crippen molar-refractivity contribution >= 4 is 11.8 Å². The molecule has 4 rings (SSSR count). The highest BCUT2D eigenvalue weighted by atomic mass is 19.1. The summed E-state index contributed by atoms with van der Waals surface area (Å²) < 4.78 is 14.3. The molecule has 0 aromatic carbocycles. The van der Waals surface area contributed by atoms with Crippen molar-refractivity contribution in [1.29, 1.82) is 0 Å². The van der Waals surface area contributed by atoms with Crippen molar-refractivity contribution in [2.45, 2.75) is 89.1 Å². The van der Waals surface area contributed by atoms with E-state index in [-0.39, 0.29) is 35.9 Å². The first kappa shape index (κ1) is 21.0. The fraction of sp³-hybridized carbons (Fsp3) is 0.909. The minimum atomic E-state index is -0.769. The Balaban J connectivity index is 1.27. The molecular formula is C22H37FN4O2. The number of carbonyl (C=O) groups is 2. The van der Waals surface area contributed by atoms with Crippen LogP contribution in [-0.4, -0.2) is 78.1 Å². The Morgan fingerprint density at radius 3 is 2.48 bits per heavy atom. The highest BCUT2D eigenvalue weighted by Crippen LogP contribution is 2.38. The summed E-state index contributed by atoms with van der Waals surface area (Å²) in [4.78, 5) is 28.9. The second-order valence-corrected chi connectivity index (χ2v) is 9.78. The van der Waals surface area contributed by atoms with E-state index in [0.717, 1.165) is 51.9 Å². The molecule has 2 aliphatic heterocycles. The van der Waals surface area contributed by atoms with Crippen LogP contribution in [0.3, 0.4) is 0 Å². The summed E-state index contributed by atoms with van der Waals surface area (Å²) in [6.45, 7) is 7.28. The van der Waals surface area contributed by atoms with Crippen molar-refractivity contribution in [1.82, 2.24) is 20.4 Å². The maximum absolute atomic E-state index is 14.3. The number of hydrogen-bond donors (Lipinski definition) is 2. The van der Waals surface area contributed by atoms with Crippen molar-refractivity contribution < 1.29 is 14.0 Å². The molecule has 2 saturated heterocycles. The van der Waals surface area contributed by atoms with E-state index in [2.05, 4.69) is 22.5 Å². The fourth-order valence-corrected chi connectivity index (χ4v) is 6.13. The molecule has 0 radical (unpaired) electrons. The first-order valence-electron chi connectivity index (χ1n) is 11.6. The molecule has 0 aromatic rings. The molecule has 0 spiro atoms. The van der Waals surface area contributed by atoms with Crippen LogP contribution in [0, 0.1) is 11.8 Å². The molecular weight excluding hydrogens is 371 g/mol. The standard InChI is InChI=1S/C22H37FN4O2/c1-14-6-7-19(23)18-13-20(25-21(14)18)22(29)24-16-4-3-5-17(12-16)27-10-8-26(9-11-27)15(2)28/h14,16-21,25H,3-13H2,1-2H3,(H,24,29)/t14?,16-,17-,18?,19?,20?,21?/m0/s1. The lowest BCUT2D eigenvalue weighted by molar-refractivity contribution is -0.131. The van der Waals surface area contributed by atoms with Crippen LogP contribution in [0.25, 0.3) is 0 Å². The third-order valence-corrected chi connectivity index (χ3v) is 7.92. The van der Waals surface area contributed by atoms with Crippen LogP contribution in [0.5, 0.6) is 0 Å². The maximum Gasteiger partial charge on any atom is 0.237 e. The second-order valence-electron chi connectivity index (χ2n) is 9.78. The number of nitrogens with zero attached hydrogens (tertiary/aromatic N) is 2. The van der Waals surface area contributed by atoms with E-state index in [1.807, 2.05) is 4.90 Å². The molecule has 2 N–H and O–H groups in total. The quantitative estimate of drug-likeness (QED) is 0.746. The van der Waals surface area contributed by atoms with Gasteiger partial charge in [0.05, 0.1) is 6.04 Å². The van der Waals surface area contributed by atoms with Gasteiger partial charge < -0.3 is 15.5 Å². The van der Waals surface area contributed by atoms with Crippen LogP contribution in [0.1, 0.15) is 58.8 Å². The van der Waals surface area contributed by atoms with Crippen molar-refractivity contribution in [2.75, 3.05) is 26.2 Å². The highest BCUT2D eigenvalue weighted by Gasteiger charge is 2.46. The molecule has 7 heteroatoms. The zero-order valence-corrected chi connectivity index (χ0v) is 17.9. The van der Waals surface area contributed by atoms with E-state index < -0.39 is 6.17 Å². The summed E-state index contributed by atoms with van der Waals surface area (Å²) in [5.41, 5.74) is 0. The van der Waals surface area contributed by atoms with Gasteiger partial charge in [-0.1, -0.05) is 6.92 Å². The van der Waals surface area contributed by atoms with Gasteiger partial charge in [-0.05, 0) is 50.9 Å². The number of hydrogen-bond acceptors (Lipinski definition) is 4. The Kier molecular flexibility index (Phi) is 6.44. The Hall–Kier alpha value is -1.21. The van der Waals surface area contributed by atoms with Gasteiger partial charge in [0.15, 0.2) is 0 Å². The zero-order valence-electron chi connectivity index (χ0n) is 17.9. The van der Waals surface area contributed by atoms with Crippen molar-refractivity contribution in [2.24, 2.45) is 11.8 Å². The predicted molar refractivity (Wildman–Crippen MR) is 110 cm³/mol. The van der Waals surface area contributed by atoms with Gasteiger partial charge in [-0.15, -0.1) is 0 Å². The van der Waals surface area contributed by atoms with E-state index in [9.17, 15) is 14.0 Å². The summed E-state index contributed by atoms with van der Waals surface area (Å²) in [6, 6.07) is 0.585. The van der Waals surface area contributed by atoms with Crippen LogP contribution in [0.4, 0.5) is 4.39 Å². The van der Waals surface area contributed by atoms with Gasteiger partial charge in [0.1, 0.15) is 6.17 Å². The second kappa shape index (κ2) is 8.88. The summed E-state index contributed by atoms with van der Waals surface area (Å²) in [6.07, 6.45) is 5.70. The maximum atomic E-state index is 14.3. The fourth-order valence-electron chi connectivity index (χ4n) is 6.13. The first-order valence-corrected chi connectivity index (χ1v) is 11.6. The van der Waals surface area contributed by atoms with E-state index in [1.54, 1.807) is 6.92 Å². The summed E-state index contributed by atoms with van der Waals surface area (Å²) in [5.74, 6) is 0.655. The van der Waals surface area contributed by atoms with Crippen molar-refractivity contribution in [3.8, 4) is 0 Å². The van der Waals surface area contributed by atoms with E-state index >= 15 is 0 Å². The zero-order chi connectivity index (χ0) is 20.5. The summed E-state index contributed by atoms with van der Waals surface area (Å²) in [7, 11) is 0. The Morgan fingerprint density at radius 1 is 1.03 bits per heavy atom. The van der Waals surface area contributed by atoms with Gasteiger partial charge in [-0.2, -0.15) is 0 Å². The molecule has 5 unspecified atom stereocenters. The van der Waals surface area contributed by atoms with Crippen LogP contribution >= 0.6 is 0 Å². The smallest absolute Gasteiger partial charge is 0.237 e. The van der Waals surface area contributed by atoms with Crippen LogP contribution in [-0.2, 0) is 9.59 Å². The number of fused-ring (bicyclic) bond motifs is 1. The van der Waals surface area contributed by atoms with E-state index in [1.165, 1.54) is 6.42 Å². The molecule has 164 valence electrons. The molecule has 2 saturated carbocycles. The predicted octanol–water partition coefficient (Wildman–Crippen LogP) is 1.69. The van der Waals surface area contributed by atoms with Crippen molar-refractivity contribution in [3.05, 3.63) is 0 Å². The number of carbonyl (C=O) groups excluding carboxylic acids is 2. The minimum absolute atomic E-state index is 0.00817. The average Bonchev–Trinajstić information content (AvgIpc) is 3.18. The SMILES string of the molecule is CC(=O)N1CCN([C@H]2CCC[C@H](NC(=O)C3CC4C(F)CCC(C)C4N3)C2)CC1. The molecule has 29 heavy (non-hydrogen) atoms.